The summed E-state index contributed by atoms with van der Waals surface area (Å²) in [6.45, 7) is 7.51. The maximum Gasteiger partial charge on any atom is 0.567 e. The van der Waals surface area contributed by atoms with Gasteiger partial charge in [0, 0.05) is 22.6 Å². The zero-order valence-corrected chi connectivity index (χ0v) is 10.3. The van der Waals surface area contributed by atoms with E-state index >= 15 is 0 Å². The third kappa shape index (κ3) is 1.55. The first-order valence-corrected chi connectivity index (χ1v) is 5.78. The van der Waals surface area contributed by atoms with Crippen molar-refractivity contribution < 1.29 is 13.7 Å². The summed E-state index contributed by atoms with van der Waals surface area (Å²) in [7, 11) is -0.744. The van der Waals surface area contributed by atoms with Crippen molar-refractivity contribution in [1.29, 1.82) is 0 Å². The summed E-state index contributed by atoms with van der Waals surface area (Å²) < 4.78 is 25.3. The van der Waals surface area contributed by atoms with Gasteiger partial charge in [0.15, 0.2) is 0 Å². The minimum Gasteiger partial charge on any atom is -0.534 e. The van der Waals surface area contributed by atoms with Crippen LogP contribution in [-0.4, -0.2) is 17.7 Å². The van der Waals surface area contributed by atoms with Crippen molar-refractivity contribution in [2.45, 2.75) is 19.4 Å². The summed E-state index contributed by atoms with van der Waals surface area (Å²) in [4.78, 5) is 3.04. The summed E-state index contributed by atoms with van der Waals surface area (Å²) in [6, 6.07) is 4.92. The van der Waals surface area contributed by atoms with Gasteiger partial charge in [0.1, 0.15) is 11.4 Å². The van der Waals surface area contributed by atoms with Gasteiger partial charge in [-0.15, -0.1) is 0 Å². The van der Waals surface area contributed by atoms with Crippen molar-refractivity contribution >= 4 is 23.5 Å². The van der Waals surface area contributed by atoms with Gasteiger partial charge in [-0.3, -0.25) is 0 Å². The molecule has 1 fully saturated rings. The highest BCUT2D eigenvalue weighted by atomic mass is 19.1. The maximum absolute atomic E-state index is 14.0. The highest BCUT2D eigenvalue weighted by Crippen LogP contribution is 2.30. The Morgan fingerprint density at radius 2 is 2.11 bits per heavy atom. The molecule has 1 aliphatic rings. The molecule has 3 rings (SSSR count). The molecule has 0 atom stereocenters. The molecule has 0 unspecified atom stereocenters. The molecule has 92 valence electrons. The van der Waals surface area contributed by atoms with Gasteiger partial charge >= 0.3 is 7.12 Å². The van der Waals surface area contributed by atoms with Gasteiger partial charge in [-0.1, -0.05) is 6.58 Å². The largest absolute Gasteiger partial charge is 0.567 e. The fraction of sp³-hybridized carbons (Fsp3) is 0.231. The van der Waals surface area contributed by atoms with Crippen LogP contribution >= 0.6 is 0 Å². The molecule has 1 saturated heterocycles. The van der Waals surface area contributed by atoms with Crippen molar-refractivity contribution in [3.05, 3.63) is 42.6 Å². The second-order valence-corrected chi connectivity index (χ2v) is 4.90. The van der Waals surface area contributed by atoms with E-state index in [4.69, 9.17) is 9.31 Å². The molecule has 0 spiro atoms. The van der Waals surface area contributed by atoms with E-state index in [9.17, 15) is 4.39 Å². The lowest BCUT2D eigenvalue weighted by molar-refractivity contribution is 0.173. The van der Waals surface area contributed by atoms with Crippen LogP contribution in [0.5, 0.6) is 0 Å². The second kappa shape index (κ2) is 3.62. The maximum atomic E-state index is 14.0. The molecule has 2 heterocycles. The summed E-state index contributed by atoms with van der Waals surface area (Å²) in [5.41, 5.74) is 0.671. The SMILES string of the molecule is C=C1OB(c2c(F)ccc3[nH]ccc23)OC1(C)C. The fourth-order valence-corrected chi connectivity index (χ4v) is 2.12. The molecule has 0 radical (unpaired) electrons. The molecule has 18 heavy (non-hydrogen) atoms. The van der Waals surface area contributed by atoms with E-state index in [0.29, 0.717) is 11.2 Å². The van der Waals surface area contributed by atoms with Crippen LogP contribution in [-0.2, 0) is 9.31 Å². The van der Waals surface area contributed by atoms with Gasteiger partial charge in [-0.25, -0.2) is 4.39 Å². The van der Waals surface area contributed by atoms with Crippen LogP contribution in [0.15, 0.2) is 36.7 Å². The van der Waals surface area contributed by atoms with Crippen LogP contribution in [0, 0.1) is 5.82 Å². The Balaban J connectivity index is 2.13. The number of benzene rings is 1. The Labute approximate surface area is 105 Å². The van der Waals surface area contributed by atoms with Gasteiger partial charge in [-0.05, 0) is 32.0 Å². The van der Waals surface area contributed by atoms with E-state index in [1.165, 1.54) is 6.07 Å². The van der Waals surface area contributed by atoms with Crippen molar-refractivity contribution in [2.24, 2.45) is 0 Å². The molecule has 0 amide bonds. The summed E-state index contributed by atoms with van der Waals surface area (Å²) in [5, 5.41) is 0.769. The Bertz CT molecular complexity index is 635. The molecule has 0 aliphatic carbocycles. The molecule has 1 aromatic carbocycles. The molecule has 1 aromatic heterocycles. The quantitative estimate of drug-likeness (QED) is 0.782. The minimum absolute atomic E-state index is 0.336. The number of aromatic nitrogens is 1. The zero-order chi connectivity index (χ0) is 12.9. The third-order valence-electron chi connectivity index (χ3n) is 3.28. The first-order valence-electron chi connectivity index (χ1n) is 5.78. The number of rotatable bonds is 1. The van der Waals surface area contributed by atoms with Crippen LogP contribution in [0.2, 0.25) is 0 Å². The minimum atomic E-state index is -0.744. The molecule has 3 nitrogen and oxygen atoms in total. The average Bonchev–Trinajstić information content (AvgIpc) is 2.84. The van der Waals surface area contributed by atoms with E-state index in [2.05, 4.69) is 11.6 Å². The lowest BCUT2D eigenvalue weighted by Gasteiger charge is -2.15. The Kier molecular flexibility index (Phi) is 2.28. The molecule has 2 aromatic rings. The highest BCUT2D eigenvalue weighted by Gasteiger charge is 2.44. The Morgan fingerprint density at radius 3 is 2.78 bits per heavy atom. The molecule has 0 bridgehead atoms. The van der Waals surface area contributed by atoms with Crippen LogP contribution in [0.3, 0.4) is 0 Å². The van der Waals surface area contributed by atoms with E-state index in [1.807, 2.05) is 19.9 Å². The average molecular weight is 245 g/mol. The van der Waals surface area contributed by atoms with E-state index < -0.39 is 12.7 Å². The van der Waals surface area contributed by atoms with Gasteiger partial charge < -0.3 is 14.3 Å². The van der Waals surface area contributed by atoms with Gasteiger partial charge in [0.05, 0.1) is 5.76 Å². The zero-order valence-electron chi connectivity index (χ0n) is 10.3. The smallest absolute Gasteiger partial charge is 0.534 e. The number of aromatic amines is 1. The standard InChI is InChI=1S/C13H13BFNO2/c1-8-13(2,3)18-14(17-8)12-9-6-7-16-11(9)5-4-10(12)15/h4-7,16H,1H2,2-3H3. The predicted molar refractivity (Wildman–Crippen MR) is 69.0 cm³/mol. The van der Waals surface area contributed by atoms with Crippen molar-refractivity contribution in [1.82, 2.24) is 4.98 Å². The van der Waals surface area contributed by atoms with E-state index in [1.54, 1.807) is 12.3 Å². The summed E-state index contributed by atoms with van der Waals surface area (Å²) in [6.07, 6.45) is 1.77. The Hall–Kier alpha value is -1.75. The number of fused-ring (bicyclic) bond motifs is 1. The lowest BCUT2D eigenvalue weighted by Crippen LogP contribution is -2.37. The number of H-pyrrole nitrogens is 1. The number of nitrogens with one attached hydrogen (secondary N) is 1. The Morgan fingerprint density at radius 1 is 1.33 bits per heavy atom. The van der Waals surface area contributed by atoms with E-state index in [0.717, 1.165) is 10.9 Å². The number of hydrogen-bond acceptors (Lipinski definition) is 2. The molecular formula is C13H13BFNO2. The topological polar surface area (TPSA) is 34.2 Å². The molecular weight excluding hydrogens is 232 g/mol. The van der Waals surface area contributed by atoms with Crippen molar-refractivity contribution in [3.63, 3.8) is 0 Å². The number of halogens is 1. The lowest BCUT2D eigenvalue weighted by atomic mass is 9.76. The first-order chi connectivity index (χ1) is 8.49. The van der Waals surface area contributed by atoms with Crippen LogP contribution in [0.4, 0.5) is 4.39 Å². The molecule has 1 aliphatic heterocycles. The fourth-order valence-electron chi connectivity index (χ4n) is 2.12. The van der Waals surface area contributed by atoms with Gasteiger partial charge in [-0.2, -0.15) is 0 Å². The van der Waals surface area contributed by atoms with Crippen LogP contribution < -0.4 is 5.46 Å². The highest BCUT2D eigenvalue weighted by molar-refractivity contribution is 6.65. The summed E-state index contributed by atoms with van der Waals surface area (Å²) in [5.74, 6) is 0.178. The van der Waals surface area contributed by atoms with Gasteiger partial charge in [0.25, 0.3) is 0 Å². The van der Waals surface area contributed by atoms with E-state index in [-0.39, 0.29) is 5.82 Å². The predicted octanol–water partition coefficient (Wildman–Crippen LogP) is 2.34. The molecule has 0 saturated carbocycles. The normalized spacial score (nSPS) is 18.4. The molecule has 1 N–H and O–H groups in total. The second-order valence-electron chi connectivity index (χ2n) is 4.90. The monoisotopic (exact) mass is 245 g/mol. The van der Waals surface area contributed by atoms with Gasteiger partial charge in [0.2, 0.25) is 0 Å². The van der Waals surface area contributed by atoms with Crippen molar-refractivity contribution in [2.75, 3.05) is 0 Å². The third-order valence-corrected chi connectivity index (χ3v) is 3.28. The van der Waals surface area contributed by atoms with Crippen LogP contribution in [0.25, 0.3) is 10.9 Å². The summed E-state index contributed by atoms with van der Waals surface area (Å²) >= 11 is 0. The van der Waals surface area contributed by atoms with Crippen LogP contribution in [0.1, 0.15) is 13.8 Å². The number of hydrogen-bond donors (Lipinski definition) is 1. The molecule has 5 heteroatoms. The van der Waals surface area contributed by atoms with Crippen molar-refractivity contribution in [3.8, 4) is 0 Å². The first kappa shape index (κ1) is 11.4.